The van der Waals surface area contributed by atoms with Crippen molar-refractivity contribution >= 4 is 23.2 Å². The van der Waals surface area contributed by atoms with Gasteiger partial charge in [0.25, 0.3) is 0 Å². The van der Waals surface area contributed by atoms with E-state index in [0.29, 0.717) is 22.2 Å². The summed E-state index contributed by atoms with van der Waals surface area (Å²) in [6.07, 6.45) is 1.38. The van der Waals surface area contributed by atoms with E-state index in [1.54, 1.807) is 30.5 Å². The Labute approximate surface area is 110 Å². The van der Waals surface area contributed by atoms with Crippen LogP contribution in [0.3, 0.4) is 0 Å². The number of nitrogens with zero attached hydrogens (tertiary/aromatic N) is 1. The number of aromatic nitrogens is 1. The molecular weight excluding hydrogens is 257 g/mol. The Balaban J connectivity index is 2.14. The van der Waals surface area contributed by atoms with E-state index in [9.17, 15) is 5.11 Å². The lowest BCUT2D eigenvalue weighted by Gasteiger charge is -2.11. The van der Waals surface area contributed by atoms with Gasteiger partial charge in [-0.2, -0.15) is 0 Å². The molecule has 0 aliphatic heterocycles. The molecule has 2 rings (SSSR count). The molecule has 2 aromatic rings. The first kappa shape index (κ1) is 12.4. The van der Waals surface area contributed by atoms with Crippen LogP contribution in [-0.4, -0.2) is 10.1 Å². The highest BCUT2D eigenvalue weighted by Gasteiger charge is 2.13. The van der Waals surface area contributed by atoms with E-state index < -0.39 is 6.10 Å². The second-order valence-corrected chi connectivity index (χ2v) is 4.56. The molecule has 0 saturated carbocycles. The fourth-order valence-electron chi connectivity index (χ4n) is 1.58. The third kappa shape index (κ3) is 3.19. The molecule has 1 N–H and O–H groups in total. The van der Waals surface area contributed by atoms with Crippen molar-refractivity contribution in [1.82, 2.24) is 4.98 Å². The zero-order valence-corrected chi connectivity index (χ0v) is 10.5. The van der Waals surface area contributed by atoms with Crippen LogP contribution in [0.1, 0.15) is 17.4 Å². The normalized spacial score (nSPS) is 12.4. The number of halogens is 2. The smallest absolute Gasteiger partial charge is 0.101 e. The maximum absolute atomic E-state index is 10.0. The highest BCUT2D eigenvalue weighted by atomic mass is 35.5. The summed E-state index contributed by atoms with van der Waals surface area (Å²) in [5, 5.41) is 11.2. The average Bonchev–Trinajstić information content (AvgIpc) is 2.32. The Morgan fingerprint density at radius 2 is 1.82 bits per heavy atom. The Bertz CT molecular complexity index is 499. The Morgan fingerprint density at radius 3 is 2.47 bits per heavy atom. The fourth-order valence-corrected chi connectivity index (χ4v) is 1.96. The van der Waals surface area contributed by atoms with Gasteiger partial charge < -0.3 is 5.11 Å². The SMILES string of the molecule is OC(Cc1ccc(Cl)cc1)c1ncccc1Cl. The van der Waals surface area contributed by atoms with Crippen molar-refractivity contribution in [2.24, 2.45) is 0 Å². The molecule has 1 aromatic carbocycles. The summed E-state index contributed by atoms with van der Waals surface area (Å²) in [7, 11) is 0. The first-order chi connectivity index (χ1) is 8.16. The molecule has 17 heavy (non-hydrogen) atoms. The molecule has 88 valence electrons. The van der Waals surface area contributed by atoms with Crippen LogP contribution >= 0.6 is 23.2 Å². The van der Waals surface area contributed by atoms with Gasteiger partial charge in [-0.15, -0.1) is 0 Å². The average molecular weight is 268 g/mol. The van der Waals surface area contributed by atoms with Crippen LogP contribution in [0.4, 0.5) is 0 Å². The van der Waals surface area contributed by atoms with Crippen LogP contribution in [0.5, 0.6) is 0 Å². The summed E-state index contributed by atoms with van der Waals surface area (Å²) >= 11 is 11.8. The van der Waals surface area contributed by atoms with Crippen molar-refractivity contribution < 1.29 is 5.11 Å². The van der Waals surface area contributed by atoms with Crippen molar-refractivity contribution in [3.63, 3.8) is 0 Å². The standard InChI is InChI=1S/C13H11Cl2NO/c14-10-5-3-9(4-6-10)8-12(17)13-11(15)2-1-7-16-13/h1-7,12,17H,8H2. The third-order valence-corrected chi connectivity index (χ3v) is 3.02. The molecular formula is C13H11Cl2NO. The molecule has 1 aromatic heterocycles. The minimum atomic E-state index is -0.704. The summed E-state index contributed by atoms with van der Waals surface area (Å²) in [6, 6.07) is 10.8. The monoisotopic (exact) mass is 267 g/mol. The van der Waals surface area contributed by atoms with Gasteiger partial charge in [0.05, 0.1) is 10.7 Å². The summed E-state index contributed by atoms with van der Waals surface area (Å²) in [5.74, 6) is 0. The minimum absolute atomic E-state index is 0.466. The summed E-state index contributed by atoms with van der Waals surface area (Å²) in [4.78, 5) is 4.08. The fraction of sp³-hybridized carbons (Fsp3) is 0.154. The molecule has 0 bridgehead atoms. The lowest BCUT2D eigenvalue weighted by molar-refractivity contribution is 0.173. The van der Waals surface area contributed by atoms with Crippen molar-refractivity contribution in [3.8, 4) is 0 Å². The predicted octanol–water partition coefficient (Wildman–Crippen LogP) is 3.66. The van der Waals surface area contributed by atoms with Gasteiger partial charge in [0, 0.05) is 17.6 Å². The van der Waals surface area contributed by atoms with Crippen LogP contribution in [0, 0.1) is 0 Å². The van der Waals surface area contributed by atoms with Gasteiger partial charge in [-0.3, -0.25) is 4.98 Å². The number of hydrogen-bond donors (Lipinski definition) is 1. The van der Waals surface area contributed by atoms with Crippen molar-refractivity contribution in [3.05, 3.63) is 63.9 Å². The highest BCUT2D eigenvalue weighted by Crippen LogP contribution is 2.23. The lowest BCUT2D eigenvalue weighted by atomic mass is 10.1. The topological polar surface area (TPSA) is 33.1 Å². The zero-order valence-electron chi connectivity index (χ0n) is 8.98. The predicted molar refractivity (Wildman–Crippen MR) is 69.4 cm³/mol. The van der Waals surface area contributed by atoms with Gasteiger partial charge in [0.15, 0.2) is 0 Å². The molecule has 2 nitrogen and oxygen atoms in total. The van der Waals surface area contributed by atoms with Gasteiger partial charge in [-0.1, -0.05) is 35.3 Å². The van der Waals surface area contributed by atoms with Gasteiger partial charge >= 0.3 is 0 Å². The van der Waals surface area contributed by atoms with E-state index >= 15 is 0 Å². The van der Waals surface area contributed by atoms with Crippen LogP contribution in [0.25, 0.3) is 0 Å². The molecule has 0 amide bonds. The van der Waals surface area contributed by atoms with Crippen molar-refractivity contribution in [1.29, 1.82) is 0 Å². The quantitative estimate of drug-likeness (QED) is 0.921. The Kier molecular flexibility index (Phi) is 4.00. The summed E-state index contributed by atoms with van der Waals surface area (Å²) in [5.41, 5.74) is 1.49. The Hall–Kier alpha value is -1.09. The molecule has 0 aliphatic carbocycles. The van der Waals surface area contributed by atoms with E-state index in [2.05, 4.69) is 4.98 Å². The van der Waals surface area contributed by atoms with Gasteiger partial charge in [-0.25, -0.2) is 0 Å². The van der Waals surface area contributed by atoms with Crippen LogP contribution in [0.2, 0.25) is 10.0 Å². The number of hydrogen-bond acceptors (Lipinski definition) is 2. The van der Waals surface area contributed by atoms with Gasteiger partial charge in [-0.05, 0) is 29.8 Å². The number of aliphatic hydroxyl groups is 1. The van der Waals surface area contributed by atoms with E-state index in [-0.39, 0.29) is 0 Å². The van der Waals surface area contributed by atoms with Crippen molar-refractivity contribution in [2.45, 2.75) is 12.5 Å². The largest absolute Gasteiger partial charge is 0.386 e. The Morgan fingerprint density at radius 1 is 1.12 bits per heavy atom. The highest BCUT2D eigenvalue weighted by molar-refractivity contribution is 6.31. The molecule has 0 radical (unpaired) electrons. The molecule has 1 heterocycles. The zero-order chi connectivity index (χ0) is 12.3. The van der Waals surface area contributed by atoms with Gasteiger partial charge in [0.1, 0.15) is 6.10 Å². The van der Waals surface area contributed by atoms with Crippen LogP contribution < -0.4 is 0 Å². The molecule has 0 saturated heterocycles. The van der Waals surface area contributed by atoms with E-state index in [4.69, 9.17) is 23.2 Å². The van der Waals surface area contributed by atoms with Crippen LogP contribution in [-0.2, 0) is 6.42 Å². The molecule has 1 atom stereocenters. The van der Waals surface area contributed by atoms with Gasteiger partial charge in [0.2, 0.25) is 0 Å². The number of benzene rings is 1. The molecule has 4 heteroatoms. The number of rotatable bonds is 3. The minimum Gasteiger partial charge on any atom is -0.386 e. The van der Waals surface area contributed by atoms with Crippen LogP contribution in [0.15, 0.2) is 42.6 Å². The summed E-state index contributed by atoms with van der Waals surface area (Å²) < 4.78 is 0. The molecule has 1 unspecified atom stereocenters. The third-order valence-electron chi connectivity index (χ3n) is 2.44. The van der Waals surface area contributed by atoms with E-state index in [1.165, 1.54) is 0 Å². The second kappa shape index (κ2) is 5.50. The molecule has 0 fully saturated rings. The summed E-state index contributed by atoms with van der Waals surface area (Å²) in [6.45, 7) is 0. The van der Waals surface area contributed by atoms with E-state index in [1.807, 2.05) is 12.1 Å². The number of pyridine rings is 1. The van der Waals surface area contributed by atoms with E-state index in [0.717, 1.165) is 5.56 Å². The molecule has 0 spiro atoms. The first-order valence-corrected chi connectivity index (χ1v) is 5.95. The lowest BCUT2D eigenvalue weighted by Crippen LogP contribution is -2.04. The maximum atomic E-state index is 10.0. The maximum Gasteiger partial charge on any atom is 0.101 e. The van der Waals surface area contributed by atoms with Crippen molar-refractivity contribution in [2.75, 3.05) is 0 Å². The number of aliphatic hydroxyl groups excluding tert-OH is 1. The second-order valence-electron chi connectivity index (χ2n) is 3.72. The molecule has 0 aliphatic rings. The first-order valence-electron chi connectivity index (χ1n) is 5.20.